The van der Waals surface area contributed by atoms with Crippen LogP contribution >= 0.6 is 0 Å². The number of ether oxygens (including phenoxy) is 1. The maximum atomic E-state index is 13.9. The van der Waals surface area contributed by atoms with Gasteiger partial charge in [0.1, 0.15) is 11.6 Å². The lowest BCUT2D eigenvalue weighted by molar-refractivity contribution is -0.0429. The van der Waals surface area contributed by atoms with Crippen molar-refractivity contribution in [1.82, 2.24) is 4.98 Å². The Balaban J connectivity index is 1.67. The quantitative estimate of drug-likeness (QED) is 0.486. The molecule has 0 saturated heterocycles. The number of nitrogens with zero attached hydrogens (tertiary/aromatic N) is 1. The van der Waals surface area contributed by atoms with Gasteiger partial charge in [0.05, 0.1) is 18.4 Å². The molecule has 1 aromatic heterocycles. The van der Waals surface area contributed by atoms with Gasteiger partial charge in [-0.25, -0.2) is 4.39 Å². The van der Waals surface area contributed by atoms with E-state index in [1.54, 1.807) is 12.3 Å². The molecule has 1 aliphatic rings. The molecule has 3 atom stereocenters. The second kappa shape index (κ2) is 8.88. The highest BCUT2D eigenvalue weighted by molar-refractivity contribution is 7.93. The number of aliphatic hydroxyl groups is 1. The topological polar surface area (TPSA) is 88.5 Å². The molecule has 0 radical (unpaired) electrons. The van der Waals surface area contributed by atoms with Gasteiger partial charge in [0.25, 0.3) is 0 Å². The molecule has 4 rings (SSSR count). The SMILES string of the molecule is C[C@@H](c1ccccn1)[C@@H]1COc2cc(-c3cc(F)ccc3NS(=O)(=O)C(F)(F)F)ccc2[C@H]1O. The van der Waals surface area contributed by atoms with E-state index in [4.69, 9.17) is 4.74 Å². The molecular weight excluding hydrogens is 476 g/mol. The van der Waals surface area contributed by atoms with Gasteiger partial charge in [0.15, 0.2) is 0 Å². The van der Waals surface area contributed by atoms with E-state index in [1.807, 2.05) is 19.1 Å². The summed E-state index contributed by atoms with van der Waals surface area (Å²) in [5.74, 6) is -0.941. The molecule has 0 saturated carbocycles. The molecule has 2 heterocycles. The van der Waals surface area contributed by atoms with Crippen LogP contribution in [0.25, 0.3) is 11.1 Å². The minimum atomic E-state index is -5.71. The Morgan fingerprint density at radius 3 is 2.59 bits per heavy atom. The van der Waals surface area contributed by atoms with Gasteiger partial charge in [0, 0.05) is 34.9 Å². The second-order valence-corrected chi connectivity index (χ2v) is 9.63. The molecule has 6 nitrogen and oxygen atoms in total. The van der Waals surface area contributed by atoms with Gasteiger partial charge in [-0.3, -0.25) is 9.71 Å². The summed E-state index contributed by atoms with van der Waals surface area (Å²) in [6.45, 7) is 2.07. The number of alkyl halides is 3. The van der Waals surface area contributed by atoms with Crippen molar-refractivity contribution in [2.45, 2.75) is 24.5 Å². The fraction of sp³-hybridized carbons (Fsp3) is 0.261. The molecule has 1 aliphatic heterocycles. The summed E-state index contributed by atoms with van der Waals surface area (Å²) in [5.41, 5.74) is -4.65. The van der Waals surface area contributed by atoms with E-state index in [2.05, 4.69) is 4.98 Å². The Morgan fingerprint density at radius 1 is 1.15 bits per heavy atom. The summed E-state index contributed by atoms with van der Waals surface area (Å²) < 4.78 is 83.0. The molecule has 3 aromatic rings. The third kappa shape index (κ3) is 4.58. The minimum Gasteiger partial charge on any atom is -0.493 e. The molecule has 0 amide bonds. The van der Waals surface area contributed by atoms with Gasteiger partial charge >= 0.3 is 15.5 Å². The van der Waals surface area contributed by atoms with Crippen LogP contribution in [0.1, 0.15) is 30.2 Å². The van der Waals surface area contributed by atoms with Gasteiger partial charge < -0.3 is 9.84 Å². The van der Waals surface area contributed by atoms with Crippen LogP contribution in [0.4, 0.5) is 23.2 Å². The van der Waals surface area contributed by atoms with E-state index in [0.717, 1.165) is 23.9 Å². The van der Waals surface area contributed by atoms with E-state index in [-0.39, 0.29) is 35.3 Å². The van der Waals surface area contributed by atoms with Crippen LogP contribution in [-0.2, 0) is 10.0 Å². The lowest BCUT2D eigenvalue weighted by Crippen LogP contribution is -2.30. The zero-order valence-electron chi connectivity index (χ0n) is 17.8. The Morgan fingerprint density at radius 2 is 1.91 bits per heavy atom. The molecule has 0 bridgehead atoms. The number of halogens is 4. The number of nitrogens with one attached hydrogen (secondary N) is 1. The van der Waals surface area contributed by atoms with Gasteiger partial charge in [-0.15, -0.1) is 0 Å². The number of hydrogen-bond acceptors (Lipinski definition) is 5. The fourth-order valence-electron chi connectivity index (χ4n) is 3.91. The summed E-state index contributed by atoms with van der Waals surface area (Å²) in [5, 5.41) is 11.0. The van der Waals surface area contributed by atoms with Crippen molar-refractivity contribution in [1.29, 1.82) is 0 Å². The highest BCUT2D eigenvalue weighted by Crippen LogP contribution is 2.44. The van der Waals surface area contributed by atoms with Gasteiger partial charge in [-0.05, 0) is 42.0 Å². The summed E-state index contributed by atoms with van der Waals surface area (Å²) in [6, 6.07) is 12.6. The van der Waals surface area contributed by atoms with E-state index in [9.17, 15) is 31.1 Å². The Labute approximate surface area is 193 Å². The third-order valence-electron chi connectivity index (χ3n) is 5.81. The van der Waals surface area contributed by atoms with Crippen molar-refractivity contribution in [2.75, 3.05) is 11.3 Å². The van der Waals surface area contributed by atoms with E-state index in [1.165, 1.54) is 22.9 Å². The molecule has 0 unspecified atom stereocenters. The standard InChI is InChI=1S/C23H20F4N2O4S/c1-13(19-4-2-3-9-28-19)18-12-33-21-10-14(5-7-16(21)22(18)30)17-11-15(24)6-8-20(17)29-34(31,32)23(25,26)27/h2-11,13,18,22,29-30H,12H2,1H3/t13-,18+,22-/m1/s1. The van der Waals surface area contributed by atoms with Gasteiger partial charge in [-0.1, -0.05) is 25.1 Å². The molecule has 11 heteroatoms. The molecule has 0 fully saturated rings. The van der Waals surface area contributed by atoms with Gasteiger partial charge in [0.2, 0.25) is 0 Å². The normalized spacial score (nSPS) is 19.1. The predicted octanol–water partition coefficient (Wildman–Crippen LogP) is 4.99. The smallest absolute Gasteiger partial charge is 0.493 e. The van der Waals surface area contributed by atoms with Crippen LogP contribution in [0, 0.1) is 11.7 Å². The Kier molecular flexibility index (Phi) is 6.26. The van der Waals surface area contributed by atoms with Crippen molar-refractivity contribution >= 4 is 15.7 Å². The first kappa shape index (κ1) is 24.0. The Bertz CT molecular complexity index is 1300. The average molecular weight is 496 g/mol. The van der Waals surface area contributed by atoms with Crippen molar-refractivity contribution < 1.29 is 35.8 Å². The largest absolute Gasteiger partial charge is 0.516 e. The maximum Gasteiger partial charge on any atom is 0.516 e. The van der Waals surface area contributed by atoms with Crippen molar-refractivity contribution in [2.24, 2.45) is 5.92 Å². The van der Waals surface area contributed by atoms with Crippen LogP contribution in [0.2, 0.25) is 0 Å². The zero-order chi connectivity index (χ0) is 24.7. The Hall–Kier alpha value is -3.18. The third-order valence-corrected chi connectivity index (χ3v) is 6.91. The van der Waals surface area contributed by atoms with E-state index < -0.39 is 33.1 Å². The summed E-state index contributed by atoms with van der Waals surface area (Å²) in [6.07, 6.45) is 0.747. The first-order valence-corrected chi connectivity index (χ1v) is 11.7. The van der Waals surface area contributed by atoms with Crippen LogP contribution in [0.3, 0.4) is 0 Å². The number of hydrogen-bond donors (Lipinski definition) is 2. The first-order valence-electron chi connectivity index (χ1n) is 10.2. The maximum absolute atomic E-state index is 13.9. The number of anilines is 1. The molecule has 2 aromatic carbocycles. The number of pyridine rings is 1. The number of aromatic nitrogens is 1. The minimum absolute atomic E-state index is 0.113. The molecular formula is C23H20F4N2O4S. The van der Waals surface area contributed by atoms with Crippen LogP contribution in [0.15, 0.2) is 60.8 Å². The molecule has 2 N–H and O–H groups in total. The van der Waals surface area contributed by atoms with Crippen molar-refractivity contribution in [3.8, 4) is 16.9 Å². The molecule has 34 heavy (non-hydrogen) atoms. The monoisotopic (exact) mass is 496 g/mol. The number of fused-ring (bicyclic) bond motifs is 1. The number of benzene rings is 2. The van der Waals surface area contributed by atoms with Crippen molar-refractivity contribution in [3.63, 3.8) is 0 Å². The van der Waals surface area contributed by atoms with E-state index in [0.29, 0.717) is 5.56 Å². The van der Waals surface area contributed by atoms with Crippen LogP contribution < -0.4 is 9.46 Å². The first-order chi connectivity index (χ1) is 16.0. The molecule has 0 spiro atoms. The lowest BCUT2D eigenvalue weighted by atomic mass is 9.82. The molecule has 180 valence electrons. The van der Waals surface area contributed by atoms with Crippen molar-refractivity contribution in [3.05, 3.63) is 77.9 Å². The average Bonchev–Trinajstić information content (AvgIpc) is 2.79. The van der Waals surface area contributed by atoms with E-state index >= 15 is 0 Å². The summed E-state index contributed by atoms with van der Waals surface area (Å²) >= 11 is 0. The van der Waals surface area contributed by atoms with Gasteiger partial charge in [-0.2, -0.15) is 21.6 Å². The predicted molar refractivity (Wildman–Crippen MR) is 117 cm³/mol. The van der Waals surface area contributed by atoms with Crippen LogP contribution in [-0.4, -0.2) is 30.6 Å². The highest BCUT2D eigenvalue weighted by atomic mass is 32.2. The number of aliphatic hydroxyl groups excluding tert-OH is 1. The highest BCUT2D eigenvalue weighted by Gasteiger charge is 2.46. The molecule has 0 aliphatic carbocycles. The second-order valence-electron chi connectivity index (χ2n) is 7.96. The summed E-state index contributed by atoms with van der Waals surface area (Å²) in [4.78, 5) is 4.32. The fourth-order valence-corrected chi connectivity index (χ4v) is 4.49. The lowest BCUT2D eigenvalue weighted by Gasteiger charge is -2.34. The number of sulfonamides is 1. The summed E-state index contributed by atoms with van der Waals surface area (Å²) in [7, 11) is -5.71. The number of rotatable bonds is 5. The zero-order valence-corrected chi connectivity index (χ0v) is 18.6. The van der Waals surface area contributed by atoms with Crippen LogP contribution in [0.5, 0.6) is 5.75 Å².